The zero-order chi connectivity index (χ0) is 34.7. The molecule has 0 radical (unpaired) electrons. The van der Waals surface area contributed by atoms with Gasteiger partial charge in [0.1, 0.15) is 0 Å². The maximum Gasteiger partial charge on any atom is 0.494 e. The Kier molecular flexibility index (Phi) is 7.39. The highest BCUT2D eigenvalue weighted by Gasteiger charge is 2.51. The van der Waals surface area contributed by atoms with Gasteiger partial charge in [-0.1, -0.05) is 109 Å². The molecule has 0 spiro atoms. The molecular weight excluding hydrogens is 623 g/mol. The molecule has 1 aromatic heterocycles. The van der Waals surface area contributed by atoms with E-state index in [2.05, 4.69) is 173 Å². The van der Waals surface area contributed by atoms with Gasteiger partial charge in [0, 0.05) is 16.5 Å². The number of para-hydroxylation sites is 1. The van der Waals surface area contributed by atoms with Crippen molar-refractivity contribution in [1.82, 2.24) is 9.97 Å². The normalized spacial score (nSPS) is 15.2. The van der Waals surface area contributed by atoms with Crippen LogP contribution in [0.5, 0.6) is 0 Å². The first-order valence-corrected chi connectivity index (χ1v) is 17.6. The predicted octanol–water partition coefficient (Wildman–Crippen LogP) is 10.9. The highest BCUT2D eigenvalue weighted by Crippen LogP contribution is 2.38. The van der Waals surface area contributed by atoms with Crippen molar-refractivity contribution in [3.63, 3.8) is 0 Å². The van der Waals surface area contributed by atoms with E-state index in [-0.39, 0.29) is 11.2 Å². The molecule has 7 aromatic carbocycles. The summed E-state index contributed by atoms with van der Waals surface area (Å²) >= 11 is 0. The summed E-state index contributed by atoms with van der Waals surface area (Å²) in [7, 11) is -0.395. The Morgan fingerprint density at radius 2 is 0.980 bits per heavy atom. The van der Waals surface area contributed by atoms with Gasteiger partial charge in [0.25, 0.3) is 0 Å². The lowest BCUT2D eigenvalue weighted by atomic mass is 9.78. The molecule has 5 heteroatoms. The molecular formula is C46H37BN2O2. The summed E-state index contributed by atoms with van der Waals surface area (Å²) in [6, 6.07) is 53.7. The predicted molar refractivity (Wildman–Crippen MR) is 212 cm³/mol. The Hall–Kier alpha value is -5.62. The molecule has 0 unspecified atom stereocenters. The van der Waals surface area contributed by atoms with Crippen molar-refractivity contribution in [2.24, 2.45) is 0 Å². The maximum absolute atomic E-state index is 6.35. The van der Waals surface area contributed by atoms with Crippen molar-refractivity contribution in [2.45, 2.75) is 38.9 Å². The lowest BCUT2D eigenvalue weighted by Crippen LogP contribution is -2.41. The van der Waals surface area contributed by atoms with E-state index in [1.54, 1.807) is 0 Å². The van der Waals surface area contributed by atoms with Gasteiger partial charge < -0.3 is 9.31 Å². The fraction of sp³-hybridized carbons (Fsp3) is 0.130. The lowest BCUT2D eigenvalue weighted by molar-refractivity contribution is 0.00578. The molecule has 1 aliphatic heterocycles. The topological polar surface area (TPSA) is 44.2 Å². The van der Waals surface area contributed by atoms with Crippen LogP contribution >= 0.6 is 0 Å². The zero-order valence-corrected chi connectivity index (χ0v) is 29.2. The summed E-state index contributed by atoms with van der Waals surface area (Å²) in [5.41, 5.74) is 8.76. The molecule has 246 valence electrons. The lowest BCUT2D eigenvalue weighted by Gasteiger charge is -2.32. The number of fused-ring (bicyclic) bond motifs is 3. The van der Waals surface area contributed by atoms with E-state index in [0.717, 1.165) is 65.9 Å². The molecule has 1 saturated heterocycles. The number of rotatable bonds is 5. The molecule has 9 rings (SSSR count). The van der Waals surface area contributed by atoms with Crippen molar-refractivity contribution < 1.29 is 9.31 Å². The van der Waals surface area contributed by atoms with E-state index in [1.807, 2.05) is 6.07 Å². The summed E-state index contributed by atoms with van der Waals surface area (Å²) < 4.78 is 12.7. The minimum absolute atomic E-state index is 0.383. The van der Waals surface area contributed by atoms with Gasteiger partial charge in [-0.25, -0.2) is 9.97 Å². The van der Waals surface area contributed by atoms with E-state index in [4.69, 9.17) is 19.3 Å². The van der Waals surface area contributed by atoms with E-state index in [1.165, 1.54) is 11.1 Å². The van der Waals surface area contributed by atoms with E-state index in [9.17, 15) is 0 Å². The summed E-state index contributed by atoms with van der Waals surface area (Å²) in [5.74, 6) is 0.702. The number of nitrogens with zero attached hydrogens (tertiary/aromatic N) is 2. The largest absolute Gasteiger partial charge is 0.494 e. The smallest absolute Gasteiger partial charge is 0.399 e. The highest BCUT2D eigenvalue weighted by atomic mass is 16.7. The van der Waals surface area contributed by atoms with Crippen molar-refractivity contribution in [3.05, 3.63) is 152 Å². The third-order valence-corrected chi connectivity index (χ3v) is 10.6. The van der Waals surface area contributed by atoms with Gasteiger partial charge in [0.15, 0.2) is 5.82 Å². The molecule has 0 atom stereocenters. The highest BCUT2D eigenvalue weighted by molar-refractivity contribution is 6.62. The minimum Gasteiger partial charge on any atom is -0.399 e. The average Bonchev–Trinajstić information content (AvgIpc) is 3.39. The molecule has 2 heterocycles. The number of hydrogen-bond donors (Lipinski definition) is 0. The number of hydrogen-bond acceptors (Lipinski definition) is 4. The van der Waals surface area contributed by atoms with Gasteiger partial charge >= 0.3 is 7.12 Å². The monoisotopic (exact) mass is 660 g/mol. The Bertz CT molecular complexity index is 2530. The molecule has 0 aliphatic carbocycles. The van der Waals surface area contributed by atoms with Crippen molar-refractivity contribution >= 4 is 45.0 Å². The van der Waals surface area contributed by atoms with Gasteiger partial charge in [-0.05, 0) is 119 Å². The molecule has 4 nitrogen and oxygen atoms in total. The quantitative estimate of drug-likeness (QED) is 0.136. The SMILES string of the molecule is CC1(C)OB(c2ccc3cc4cc(-c5nc(-c6cc(-c7ccccc7)cc(-c7ccccc7)c6)c6ccccc6n5)ccc4cc3c2)OC1(C)C. The first-order valence-electron chi connectivity index (χ1n) is 17.6. The average molecular weight is 661 g/mol. The van der Waals surface area contributed by atoms with Crippen LogP contribution < -0.4 is 5.46 Å². The van der Waals surface area contributed by atoms with Gasteiger partial charge in [-0.3, -0.25) is 0 Å². The van der Waals surface area contributed by atoms with Crippen LogP contribution in [-0.4, -0.2) is 28.3 Å². The summed E-state index contributed by atoms with van der Waals surface area (Å²) in [6.45, 7) is 8.35. The molecule has 0 amide bonds. The van der Waals surface area contributed by atoms with Crippen molar-refractivity contribution in [3.8, 4) is 44.9 Å². The molecule has 1 aliphatic rings. The van der Waals surface area contributed by atoms with Gasteiger partial charge in [0.05, 0.1) is 22.4 Å². The van der Waals surface area contributed by atoms with E-state index >= 15 is 0 Å². The summed E-state index contributed by atoms with van der Waals surface area (Å²) in [5, 5.41) is 5.63. The third-order valence-electron chi connectivity index (χ3n) is 10.6. The molecule has 51 heavy (non-hydrogen) atoms. The van der Waals surface area contributed by atoms with Crippen molar-refractivity contribution in [2.75, 3.05) is 0 Å². The number of benzene rings is 7. The van der Waals surface area contributed by atoms with Crippen LogP contribution in [0.3, 0.4) is 0 Å². The van der Waals surface area contributed by atoms with E-state index in [0.29, 0.717) is 5.82 Å². The molecule has 1 fully saturated rings. The van der Waals surface area contributed by atoms with Crippen molar-refractivity contribution in [1.29, 1.82) is 0 Å². The molecule has 0 N–H and O–H groups in total. The molecule has 0 saturated carbocycles. The fourth-order valence-electron chi connectivity index (χ4n) is 7.07. The fourth-order valence-corrected chi connectivity index (χ4v) is 7.07. The second-order valence-electron chi connectivity index (χ2n) is 14.6. The van der Waals surface area contributed by atoms with Crippen LogP contribution in [0.2, 0.25) is 0 Å². The Morgan fingerprint density at radius 3 is 1.63 bits per heavy atom. The second-order valence-corrected chi connectivity index (χ2v) is 14.6. The Morgan fingerprint density at radius 1 is 0.431 bits per heavy atom. The number of aromatic nitrogens is 2. The zero-order valence-electron chi connectivity index (χ0n) is 29.2. The van der Waals surface area contributed by atoms with Crippen LogP contribution in [0.25, 0.3) is 77.3 Å². The van der Waals surface area contributed by atoms with Gasteiger partial charge in [-0.15, -0.1) is 0 Å². The standard InChI is InChI=1S/C46H37BN2O2/c1-45(2)46(3,4)51-47(50-45)40-22-21-33-23-37-25-34(20-19-32(37)24-38(33)29-40)44-48-42-18-12-11-17-41(42)43(49-44)39-27-35(30-13-7-5-8-14-30)26-36(28-39)31-15-9-6-10-16-31/h5-29H,1-4H3. The van der Waals surface area contributed by atoms with Gasteiger partial charge in [0.2, 0.25) is 0 Å². The second kappa shape index (κ2) is 12.0. The van der Waals surface area contributed by atoms with Crippen LogP contribution in [0.1, 0.15) is 27.7 Å². The summed E-state index contributed by atoms with van der Waals surface area (Å²) in [4.78, 5) is 10.4. The maximum atomic E-state index is 6.35. The van der Waals surface area contributed by atoms with Crippen LogP contribution in [0.15, 0.2) is 152 Å². The Balaban J connectivity index is 1.15. The van der Waals surface area contributed by atoms with Crippen LogP contribution in [0.4, 0.5) is 0 Å². The molecule has 0 bridgehead atoms. The minimum atomic E-state index is -0.395. The van der Waals surface area contributed by atoms with E-state index < -0.39 is 7.12 Å². The Labute approximate surface area is 298 Å². The van der Waals surface area contributed by atoms with Gasteiger partial charge in [-0.2, -0.15) is 0 Å². The third kappa shape index (κ3) is 5.69. The first-order chi connectivity index (χ1) is 24.7. The summed E-state index contributed by atoms with van der Waals surface area (Å²) in [6.07, 6.45) is 0. The van der Waals surface area contributed by atoms with Crippen LogP contribution in [-0.2, 0) is 9.31 Å². The van der Waals surface area contributed by atoms with Crippen LogP contribution in [0, 0.1) is 0 Å². The molecule has 8 aromatic rings. The first kappa shape index (κ1) is 31.4.